The molecule has 4 heteroatoms. The van der Waals surface area contributed by atoms with Crippen molar-refractivity contribution in [3.05, 3.63) is 23.7 Å². The average molecular weight is 282 g/mol. The van der Waals surface area contributed by atoms with Crippen LogP contribution in [0, 0.1) is 0 Å². The summed E-state index contributed by atoms with van der Waals surface area (Å²) in [4.78, 5) is 2.56. The van der Waals surface area contributed by atoms with Gasteiger partial charge in [0, 0.05) is 41.7 Å². The molecule has 2 rings (SSSR count). The Balaban J connectivity index is 1.95. The zero-order chi connectivity index (χ0) is 13.9. The highest BCUT2D eigenvalue weighted by Gasteiger charge is 2.21. The predicted octanol–water partition coefficient (Wildman–Crippen LogP) is 3.11. The van der Waals surface area contributed by atoms with Gasteiger partial charge in [-0.05, 0) is 33.8 Å². The van der Waals surface area contributed by atoms with Gasteiger partial charge in [0.05, 0.1) is 12.8 Å². The van der Waals surface area contributed by atoms with Gasteiger partial charge in [0.1, 0.15) is 5.76 Å². The van der Waals surface area contributed by atoms with Crippen molar-refractivity contribution < 1.29 is 4.42 Å². The van der Waals surface area contributed by atoms with E-state index in [1.165, 1.54) is 23.6 Å². The van der Waals surface area contributed by atoms with Crippen LogP contribution in [0.2, 0.25) is 0 Å². The number of hydrogen-bond acceptors (Lipinski definition) is 4. The number of nitrogens with zero attached hydrogens (tertiary/aromatic N) is 1. The molecule has 1 unspecified atom stereocenters. The lowest BCUT2D eigenvalue weighted by Gasteiger charge is -2.32. The van der Waals surface area contributed by atoms with Crippen LogP contribution in [0.15, 0.2) is 16.7 Å². The van der Waals surface area contributed by atoms with Gasteiger partial charge in [-0.25, -0.2) is 0 Å². The summed E-state index contributed by atoms with van der Waals surface area (Å²) in [6.07, 6.45) is 1.82. The molecule has 1 N–H and O–H groups in total. The van der Waals surface area contributed by atoms with E-state index in [0.717, 1.165) is 18.8 Å². The fourth-order valence-electron chi connectivity index (χ4n) is 2.22. The maximum absolute atomic E-state index is 5.64. The van der Waals surface area contributed by atoms with E-state index in [1.807, 2.05) is 6.26 Å². The molecule has 0 radical (unpaired) electrons. The Kier molecular flexibility index (Phi) is 4.98. The van der Waals surface area contributed by atoms with E-state index in [0.29, 0.717) is 6.04 Å². The van der Waals surface area contributed by atoms with Gasteiger partial charge in [-0.3, -0.25) is 4.90 Å². The maximum Gasteiger partial charge on any atom is 0.122 e. The molecule has 108 valence electrons. The zero-order valence-corrected chi connectivity index (χ0v) is 13.3. The number of furan rings is 1. The van der Waals surface area contributed by atoms with Gasteiger partial charge in [0.2, 0.25) is 0 Å². The Bertz CT molecular complexity index is 397. The summed E-state index contributed by atoms with van der Waals surface area (Å²) in [5.41, 5.74) is 1.45. The van der Waals surface area contributed by atoms with Crippen LogP contribution in [0.4, 0.5) is 0 Å². The van der Waals surface area contributed by atoms with E-state index >= 15 is 0 Å². The quantitative estimate of drug-likeness (QED) is 0.918. The number of thioether (sulfide) groups is 1. The van der Waals surface area contributed by atoms with Crippen molar-refractivity contribution >= 4 is 11.8 Å². The highest BCUT2D eigenvalue weighted by atomic mass is 32.2. The Labute approximate surface area is 121 Å². The van der Waals surface area contributed by atoms with Crippen molar-refractivity contribution in [2.45, 2.75) is 52.4 Å². The van der Waals surface area contributed by atoms with Crippen LogP contribution in [-0.2, 0) is 13.1 Å². The van der Waals surface area contributed by atoms with Crippen molar-refractivity contribution in [2.24, 2.45) is 0 Å². The van der Waals surface area contributed by atoms with Gasteiger partial charge in [0.25, 0.3) is 0 Å². The summed E-state index contributed by atoms with van der Waals surface area (Å²) in [6.45, 7) is 11.9. The van der Waals surface area contributed by atoms with Crippen LogP contribution in [0.1, 0.15) is 39.0 Å². The van der Waals surface area contributed by atoms with E-state index in [1.54, 1.807) is 0 Å². The second-order valence-corrected chi connectivity index (χ2v) is 7.52. The van der Waals surface area contributed by atoms with Crippen LogP contribution in [-0.4, -0.2) is 34.5 Å². The first kappa shape index (κ1) is 14.9. The molecule has 2 heterocycles. The zero-order valence-electron chi connectivity index (χ0n) is 12.5. The molecule has 0 aliphatic carbocycles. The van der Waals surface area contributed by atoms with Gasteiger partial charge in [0.15, 0.2) is 0 Å². The van der Waals surface area contributed by atoms with E-state index in [2.05, 4.69) is 55.7 Å². The summed E-state index contributed by atoms with van der Waals surface area (Å²) in [5.74, 6) is 3.57. The van der Waals surface area contributed by atoms with Gasteiger partial charge < -0.3 is 9.73 Å². The van der Waals surface area contributed by atoms with Gasteiger partial charge in [-0.2, -0.15) is 11.8 Å². The van der Waals surface area contributed by atoms with Crippen molar-refractivity contribution in [1.82, 2.24) is 10.2 Å². The summed E-state index contributed by atoms with van der Waals surface area (Å²) in [7, 11) is 0. The van der Waals surface area contributed by atoms with Crippen molar-refractivity contribution in [3.63, 3.8) is 0 Å². The fourth-order valence-corrected chi connectivity index (χ4v) is 3.31. The molecule has 0 amide bonds. The molecule has 1 aliphatic heterocycles. The lowest BCUT2D eigenvalue weighted by molar-refractivity contribution is 0.221. The van der Waals surface area contributed by atoms with Crippen LogP contribution >= 0.6 is 11.8 Å². The normalized spacial score (nSPS) is 21.8. The summed E-state index contributed by atoms with van der Waals surface area (Å²) in [5, 5.41) is 3.50. The van der Waals surface area contributed by atoms with Crippen molar-refractivity contribution in [1.29, 1.82) is 0 Å². The SMILES string of the molecule is CC1CSCCN1Cc1ccoc1CNC(C)(C)C. The van der Waals surface area contributed by atoms with E-state index < -0.39 is 0 Å². The first-order valence-corrected chi connectivity index (χ1v) is 8.23. The van der Waals surface area contributed by atoms with Crippen LogP contribution in [0.3, 0.4) is 0 Å². The average Bonchev–Trinajstić information content (AvgIpc) is 2.76. The largest absolute Gasteiger partial charge is 0.468 e. The molecule has 0 aromatic carbocycles. The Morgan fingerprint density at radius 2 is 2.26 bits per heavy atom. The summed E-state index contributed by atoms with van der Waals surface area (Å²) >= 11 is 2.06. The Morgan fingerprint density at radius 1 is 1.47 bits per heavy atom. The Morgan fingerprint density at radius 3 is 2.95 bits per heavy atom. The maximum atomic E-state index is 5.64. The monoisotopic (exact) mass is 282 g/mol. The molecule has 3 nitrogen and oxygen atoms in total. The van der Waals surface area contributed by atoms with Crippen molar-refractivity contribution in [3.8, 4) is 0 Å². The minimum Gasteiger partial charge on any atom is -0.468 e. The van der Waals surface area contributed by atoms with Crippen molar-refractivity contribution in [2.75, 3.05) is 18.1 Å². The summed E-state index contributed by atoms with van der Waals surface area (Å²) in [6, 6.07) is 2.78. The van der Waals surface area contributed by atoms with Crippen LogP contribution in [0.5, 0.6) is 0 Å². The van der Waals surface area contributed by atoms with Crippen LogP contribution in [0.25, 0.3) is 0 Å². The second-order valence-electron chi connectivity index (χ2n) is 6.37. The molecular weight excluding hydrogens is 256 g/mol. The number of nitrogens with one attached hydrogen (secondary N) is 1. The van der Waals surface area contributed by atoms with Gasteiger partial charge in [-0.1, -0.05) is 0 Å². The molecule has 1 fully saturated rings. The van der Waals surface area contributed by atoms with Crippen LogP contribution < -0.4 is 5.32 Å². The molecule has 1 saturated heterocycles. The highest BCUT2D eigenvalue weighted by molar-refractivity contribution is 7.99. The predicted molar refractivity (Wildman–Crippen MR) is 82.5 cm³/mol. The number of rotatable bonds is 4. The lowest BCUT2D eigenvalue weighted by atomic mass is 10.1. The molecule has 0 saturated carbocycles. The standard InChI is InChI=1S/C15H26N2OS/c1-12-11-19-8-6-17(12)10-13-5-7-18-14(13)9-16-15(2,3)4/h5,7,12,16H,6,8-11H2,1-4H3. The molecular formula is C15H26N2OS. The number of hydrogen-bond donors (Lipinski definition) is 1. The third-order valence-corrected chi connectivity index (χ3v) is 4.68. The van der Waals surface area contributed by atoms with Gasteiger partial charge >= 0.3 is 0 Å². The molecule has 1 aromatic heterocycles. The topological polar surface area (TPSA) is 28.4 Å². The minimum absolute atomic E-state index is 0.124. The molecule has 1 atom stereocenters. The Hall–Kier alpha value is -0.450. The molecule has 19 heavy (non-hydrogen) atoms. The van der Waals surface area contributed by atoms with E-state index in [9.17, 15) is 0 Å². The molecule has 1 aliphatic rings. The first-order valence-electron chi connectivity index (χ1n) is 7.08. The first-order chi connectivity index (χ1) is 8.96. The third-order valence-electron chi connectivity index (χ3n) is 3.50. The molecule has 0 spiro atoms. The summed E-state index contributed by atoms with van der Waals surface area (Å²) < 4.78 is 5.64. The van der Waals surface area contributed by atoms with E-state index in [4.69, 9.17) is 4.42 Å². The molecule has 1 aromatic rings. The van der Waals surface area contributed by atoms with Gasteiger partial charge in [-0.15, -0.1) is 0 Å². The highest BCUT2D eigenvalue weighted by Crippen LogP contribution is 2.21. The molecule has 0 bridgehead atoms. The lowest BCUT2D eigenvalue weighted by Crippen LogP contribution is -2.40. The third kappa shape index (κ3) is 4.55. The second kappa shape index (κ2) is 6.33. The smallest absolute Gasteiger partial charge is 0.122 e. The van der Waals surface area contributed by atoms with E-state index in [-0.39, 0.29) is 5.54 Å². The fraction of sp³-hybridized carbons (Fsp3) is 0.733. The minimum atomic E-state index is 0.124.